The average Bonchev–Trinajstić information content (AvgIpc) is 2.48. The van der Waals surface area contributed by atoms with Gasteiger partial charge in [-0.15, -0.1) is 0 Å². The first kappa shape index (κ1) is 14.4. The highest BCUT2D eigenvalue weighted by atomic mass is 16.6. The van der Waals surface area contributed by atoms with E-state index in [1.807, 2.05) is 0 Å². The van der Waals surface area contributed by atoms with Crippen LogP contribution in [0, 0.1) is 10.1 Å². The second-order valence-electron chi connectivity index (χ2n) is 4.66. The first-order valence-corrected chi connectivity index (χ1v) is 6.49. The van der Waals surface area contributed by atoms with Gasteiger partial charge in [0.15, 0.2) is 0 Å². The number of benzene rings is 1. The molecule has 0 spiro atoms. The van der Waals surface area contributed by atoms with E-state index in [0.717, 1.165) is 13.1 Å². The second kappa shape index (κ2) is 6.44. The molecule has 7 heteroatoms. The van der Waals surface area contributed by atoms with Crippen molar-refractivity contribution in [2.24, 2.45) is 0 Å². The van der Waals surface area contributed by atoms with Crippen LogP contribution in [-0.4, -0.2) is 65.1 Å². The Morgan fingerprint density at radius 1 is 1.20 bits per heavy atom. The summed E-state index contributed by atoms with van der Waals surface area (Å²) in [7, 11) is 0. The molecule has 108 valence electrons. The van der Waals surface area contributed by atoms with Gasteiger partial charge in [0, 0.05) is 50.4 Å². The number of nitro benzene ring substituents is 1. The third-order valence-electron chi connectivity index (χ3n) is 3.40. The molecule has 0 saturated carbocycles. The van der Waals surface area contributed by atoms with Crippen LogP contribution in [0.3, 0.4) is 0 Å². The van der Waals surface area contributed by atoms with Gasteiger partial charge in [-0.2, -0.15) is 0 Å². The van der Waals surface area contributed by atoms with Gasteiger partial charge in [-0.25, -0.2) is 0 Å². The van der Waals surface area contributed by atoms with E-state index in [1.165, 1.54) is 24.3 Å². The van der Waals surface area contributed by atoms with Crippen LogP contribution in [0.25, 0.3) is 0 Å². The van der Waals surface area contributed by atoms with Crippen molar-refractivity contribution in [3.63, 3.8) is 0 Å². The lowest BCUT2D eigenvalue weighted by Crippen LogP contribution is -2.49. The van der Waals surface area contributed by atoms with Gasteiger partial charge >= 0.3 is 0 Å². The number of hydrogen-bond donors (Lipinski definition) is 1. The fraction of sp³-hybridized carbons (Fsp3) is 0.462. The number of hydrogen-bond acceptors (Lipinski definition) is 5. The minimum absolute atomic E-state index is 0.0192. The maximum Gasteiger partial charge on any atom is 0.269 e. The van der Waals surface area contributed by atoms with E-state index in [-0.39, 0.29) is 18.2 Å². The quantitative estimate of drug-likeness (QED) is 0.634. The smallest absolute Gasteiger partial charge is 0.269 e. The van der Waals surface area contributed by atoms with Gasteiger partial charge in [-0.1, -0.05) is 0 Å². The Balaban J connectivity index is 1.96. The van der Waals surface area contributed by atoms with Crippen molar-refractivity contribution >= 4 is 11.6 Å². The Labute approximate surface area is 116 Å². The van der Waals surface area contributed by atoms with Crippen LogP contribution in [0.4, 0.5) is 5.69 Å². The van der Waals surface area contributed by atoms with Crippen molar-refractivity contribution < 1.29 is 14.8 Å². The number of nitrogens with zero attached hydrogens (tertiary/aromatic N) is 3. The molecule has 7 nitrogen and oxygen atoms in total. The van der Waals surface area contributed by atoms with Crippen LogP contribution in [0.5, 0.6) is 0 Å². The minimum atomic E-state index is -0.484. The maximum atomic E-state index is 12.2. The number of non-ortho nitro benzene ring substituents is 1. The molecule has 0 radical (unpaired) electrons. The van der Waals surface area contributed by atoms with E-state index in [0.29, 0.717) is 25.2 Å². The summed E-state index contributed by atoms with van der Waals surface area (Å²) in [5.41, 5.74) is 0.445. The zero-order chi connectivity index (χ0) is 14.5. The van der Waals surface area contributed by atoms with E-state index in [1.54, 1.807) is 4.90 Å². The van der Waals surface area contributed by atoms with Crippen LogP contribution in [0.2, 0.25) is 0 Å². The van der Waals surface area contributed by atoms with Gasteiger partial charge in [0.2, 0.25) is 0 Å². The van der Waals surface area contributed by atoms with Crippen LogP contribution in [-0.2, 0) is 0 Å². The number of aliphatic hydroxyl groups is 1. The molecule has 0 bridgehead atoms. The summed E-state index contributed by atoms with van der Waals surface area (Å²) >= 11 is 0. The highest BCUT2D eigenvalue weighted by molar-refractivity contribution is 5.94. The molecule has 1 aliphatic heterocycles. The van der Waals surface area contributed by atoms with Crippen LogP contribution in [0.15, 0.2) is 24.3 Å². The Morgan fingerprint density at radius 2 is 1.80 bits per heavy atom. The Morgan fingerprint density at radius 3 is 2.30 bits per heavy atom. The first-order chi connectivity index (χ1) is 9.61. The predicted molar refractivity (Wildman–Crippen MR) is 72.5 cm³/mol. The topological polar surface area (TPSA) is 86.9 Å². The molecular formula is C13H17N3O4. The summed E-state index contributed by atoms with van der Waals surface area (Å²) in [4.78, 5) is 26.1. The second-order valence-corrected chi connectivity index (χ2v) is 4.66. The molecule has 1 heterocycles. The lowest BCUT2D eigenvalue weighted by molar-refractivity contribution is -0.384. The molecule has 0 unspecified atom stereocenters. The van der Waals surface area contributed by atoms with Gasteiger partial charge in [0.05, 0.1) is 11.5 Å². The van der Waals surface area contributed by atoms with Crippen LogP contribution >= 0.6 is 0 Å². The predicted octanol–water partition coefficient (Wildman–Crippen LogP) is 0.345. The summed E-state index contributed by atoms with van der Waals surface area (Å²) in [5.74, 6) is -0.108. The molecule has 0 aromatic heterocycles. The fourth-order valence-corrected chi connectivity index (χ4v) is 2.22. The zero-order valence-electron chi connectivity index (χ0n) is 11.1. The number of carbonyl (C=O) groups excluding carboxylic acids is 1. The van der Waals surface area contributed by atoms with Crippen LogP contribution in [0.1, 0.15) is 10.4 Å². The van der Waals surface area contributed by atoms with Gasteiger partial charge in [0.25, 0.3) is 11.6 Å². The number of amides is 1. The lowest BCUT2D eigenvalue weighted by atomic mass is 10.1. The number of nitro groups is 1. The van der Waals surface area contributed by atoms with Gasteiger partial charge in [-0.3, -0.25) is 19.8 Å². The van der Waals surface area contributed by atoms with E-state index in [9.17, 15) is 14.9 Å². The molecule has 1 saturated heterocycles. The summed E-state index contributed by atoms with van der Waals surface area (Å²) < 4.78 is 0. The van der Waals surface area contributed by atoms with Crippen molar-refractivity contribution in [3.8, 4) is 0 Å². The van der Waals surface area contributed by atoms with Crippen molar-refractivity contribution in [2.45, 2.75) is 0 Å². The SMILES string of the molecule is O=C(c1ccc([N+](=O)[O-])cc1)N1CCN(CCO)CC1. The molecule has 0 atom stereocenters. The highest BCUT2D eigenvalue weighted by Crippen LogP contribution is 2.14. The Hall–Kier alpha value is -1.99. The zero-order valence-corrected chi connectivity index (χ0v) is 11.1. The summed E-state index contributed by atoms with van der Waals surface area (Å²) in [6, 6.07) is 5.66. The number of β-amino-alcohol motifs (C(OH)–C–C–N with tert-alkyl or cyclic N) is 1. The van der Waals surface area contributed by atoms with Crippen molar-refractivity contribution in [1.29, 1.82) is 0 Å². The van der Waals surface area contributed by atoms with Crippen LogP contribution < -0.4 is 0 Å². The number of aliphatic hydroxyl groups excluding tert-OH is 1. The molecule has 1 N–H and O–H groups in total. The molecule has 20 heavy (non-hydrogen) atoms. The number of piperazine rings is 1. The molecular weight excluding hydrogens is 262 g/mol. The standard InChI is InChI=1S/C13H17N3O4/c17-10-9-14-5-7-15(8-6-14)13(18)11-1-3-12(4-2-11)16(19)20/h1-4,17H,5-10H2. The van der Waals surface area contributed by atoms with Gasteiger partial charge in [0.1, 0.15) is 0 Å². The molecule has 1 aromatic carbocycles. The minimum Gasteiger partial charge on any atom is -0.395 e. The monoisotopic (exact) mass is 279 g/mol. The maximum absolute atomic E-state index is 12.2. The Bertz CT molecular complexity index is 481. The third-order valence-corrected chi connectivity index (χ3v) is 3.40. The van der Waals surface area contributed by atoms with Crippen molar-refractivity contribution in [2.75, 3.05) is 39.3 Å². The first-order valence-electron chi connectivity index (χ1n) is 6.49. The van der Waals surface area contributed by atoms with E-state index in [2.05, 4.69) is 4.90 Å². The lowest BCUT2D eigenvalue weighted by Gasteiger charge is -2.34. The molecule has 1 amide bonds. The summed E-state index contributed by atoms with van der Waals surface area (Å²) in [6.07, 6.45) is 0. The van der Waals surface area contributed by atoms with E-state index >= 15 is 0 Å². The van der Waals surface area contributed by atoms with Gasteiger partial charge in [-0.05, 0) is 12.1 Å². The summed E-state index contributed by atoms with van der Waals surface area (Å²) in [5, 5.41) is 19.4. The highest BCUT2D eigenvalue weighted by Gasteiger charge is 2.22. The molecule has 2 rings (SSSR count). The molecule has 1 aliphatic rings. The summed E-state index contributed by atoms with van der Waals surface area (Å²) in [6.45, 7) is 3.43. The van der Waals surface area contributed by atoms with E-state index < -0.39 is 4.92 Å². The number of carbonyl (C=O) groups is 1. The average molecular weight is 279 g/mol. The molecule has 1 aromatic rings. The van der Waals surface area contributed by atoms with Crippen molar-refractivity contribution in [3.05, 3.63) is 39.9 Å². The largest absolute Gasteiger partial charge is 0.395 e. The van der Waals surface area contributed by atoms with E-state index in [4.69, 9.17) is 5.11 Å². The molecule has 0 aliphatic carbocycles. The van der Waals surface area contributed by atoms with Crippen molar-refractivity contribution in [1.82, 2.24) is 9.80 Å². The third kappa shape index (κ3) is 3.31. The fourth-order valence-electron chi connectivity index (χ4n) is 2.22. The number of rotatable bonds is 4. The molecule has 1 fully saturated rings. The Kier molecular flexibility index (Phi) is 4.65. The van der Waals surface area contributed by atoms with Gasteiger partial charge < -0.3 is 10.0 Å². The normalized spacial score (nSPS) is 16.1.